The molecule has 9 heavy (non-hydrogen) atoms. The summed E-state index contributed by atoms with van der Waals surface area (Å²) in [6, 6.07) is 0. The standard InChI is InChI=1S/C4H12O4P/c1-2-3-8-4-9(5,6)7/h5-7H,2-4H2,1H3/q+1. The summed E-state index contributed by atoms with van der Waals surface area (Å²) in [5, 5.41) is 0. The first-order chi connectivity index (χ1) is 4.06. The topological polar surface area (TPSA) is 69.9 Å². The molecule has 5 heteroatoms. The predicted octanol–water partition coefficient (Wildman–Crippen LogP) is 0.110. The van der Waals surface area contributed by atoms with E-state index in [1.165, 1.54) is 0 Å². The molecule has 4 nitrogen and oxygen atoms in total. The zero-order valence-corrected chi connectivity index (χ0v) is 6.21. The molecule has 0 spiro atoms. The second-order valence-electron chi connectivity index (χ2n) is 1.73. The summed E-state index contributed by atoms with van der Waals surface area (Å²) < 4.78 is 4.65. The fraction of sp³-hybridized carbons (Fsp3) is 1.00. The van der Waals surface area contributed by atoms with Gasteiger partial charge < -0.3 is 4.74 Å². The molecule has 0 aliphatic carbocycles. The van der Waals surface area contributed by atoms with E-state index in [0.717, 1.165) is 6.42 Å². The van der Waals surface area contributed by atoms with Crippen LogP contribution in [0.1, 0.15) is 13.3 Å². The van der Waals surface area contributed by atoms with Crippen LogP contribution < -0.4 is 0 Å². The first-order valence-corrected chi connectivity index (χ1v) is 4.53. The molecule has 56 valence electrons. The lowest BCUT2D eigenvalue weighted by Gasteiger charge is -2.02. The van der Waals surface area contributed by atoms with Crippen LogP contribution in [0.2, 0.25) is 0 Å². The molecule has 0 unspecified atom stereocenters. The van der Waals surface area contributed by atoms with E-state index in [1.807, 2.05) is 6.92 Å². The average Bonchev–Trinajstić information content (AvgIpc) is 1.63. The van der Waals surface area contributed by atoms with Crippen LogP contribution in [0, 0.1) is 0 Å². The van der Waals surface area contributed by atoms with Crippen molar-refractivity contribution in [3.8, 4) is 0 Å². The first-order valence-electron chi connectivity index (χ1n) is 2.70. The Morgan fingerprint density at radius 1 is 1.33 bits per heavy atom. The zero-order valence-electron chi connectivity index (χ0n) is 5.32. The molecule has 0 saturated carbocycles. The SMILES string of the molecule is CCCOC[P+](O)(O)O. The maximum Gasteiger partial charge on any atom is 0.431 e. The van der Waals surface area contributed by atoms with E-state index in [4.69, 9.17) is 14.7 Å². The van der Waals surface area contributed by atoms with Crippen molar-refractivity contribution in [2.45, 2.75) is 13.3 Å². The third-order valence-corrected chi connectivity index (χ3v) is 1.14. The van der Waals surface area contributed by atoms with Gasteiger partial charge in [-0.15, -0.1) is 0 Å². The molecule has 0 bridgehead atoms. The van der Waals surface area contributed by atoms with Gasteiger partial charge in [0, 0.05) is 0 Å². The largest absolute Gasteiger partial charge is 0.431 e. The van der Waals surface area contributed by atoms with E-state index in [-0.39, 0.29) is 6.35 Å². The number of rotatable bonds is 4. The smallest absolute Gasteiger partial charge is 0.339 e. The Balaban J connectivity index is 3.07. The summed E-state index contributed by atoms with van der Waals surface area (Å²) in [6.07, 6.45) is 0.459. The lowest BCUT2D eigenvalue weighted by molar-refractivity contribution is 0.148. The molecule has 0 aromatic carbocycles. The van der Waals surface area contributed by atoms with E-state index in [1.54, 1.807) is 0 Å². The van der Waals surface area contributed by atoms with Gasteiger partial charge in [-0.25, -0.2) is 0 Å². The molecule has 0 aromatic rings. The van der Waals surface area contributed by atoms with Crippen LogP contribution in [0.15, 0.2) is 0 Å². The third-order valence-electron chi connectivity index (χ3n) is 0.613. The Bertz CT molecular complexity index is 69.5. The minimum atomic E-state index is -3.67. The molecule has 0 fully saturated rings. The van der Waals surface area contributed by atoms with Crippen molar-refractivity contribution in [3.05, 3.63) is 0 Å². The van der Waals surface area contributed by atoms with Gasteiger partial charge in [-0.3, -0.25) is 0 Å². The van der Waals surface area contributed by atoms with Gasteiger partial charge in [-0.1, -0.05) is 6.92 Å². The van der Waals surface area contributed by atoms with Crippen LogP contribution in [0.3, 0.4) is 0 Å². The Morgan fingerprint density at radius 3 is 2.22 bits per heavy atom. The molecule has 0 heterocycles. The van der Waals surface area contributed by atoms with Gasteiger partial charge in [-0.05, 0) is 6.42 Å². The van der Waals surface area contributed by atoms with Crippen molar-refractivity contribution in [1.29, 1.82) is 0 Å². The first kappa shape index (κ1) is 9.27. The molecule has 0 saturated heterocycles. The van der Waals surface area contributed by atoms with E-state index in [2.05, 4.69) is 4.74 Å². The van der Waals surface area contributed by atoms with Gasteiger partial charge in [0.05, 0.1) is 6.61 Å². The highest BCUT2D eigenvalue weighted by atomic mass is 31.2. The number of hydrogen-bond acceptors (Lipinski definition) is 4. The normalized spacial score (nSPS) is 12.0. The van der Waals surface area contributed by atoms with Gasteiger partial charge in [0.1, 0.15) is 0 Å². The minimum absolute atomic E-state index is 0.346. The van der Waals surface area contributed by atoms with E-state index >= 15 is 0 Å². The van der Waals surface area contributed by atoms with Crippen LogP contribution in [-0.4, -0.2) is 27.6 Å². The zero-order chi connectivity index (χ0) is 7.33. The van der Waals surface area contributed by atoms with Crippen LogP contribution in [0.5, 0.6) is 0 Å². The molecule has 0 aliphatic heterocycles. The van der Waals surface area contributed by atoms with E-state index in [9.17, 15) is 0 Å². The number of ether oxygens (including phenoxy) is 1. The summed E-state index contributed by atoms with van der Waals surface area (Å²) in [5.74, 6) is 0. The Labute approximate surface area is 54.7 Å². The van der Waals surface area contributed by atoms with Gasteiger partial charge in [0.2, 0.25) is 6.35 Å². The third kappa shape index (κ3) is 8.27. The Kier molecular flexibility index (Phi) is 4.27. The summed E-state index contributed by atoms with van der Waals surface area (Å²) in [4.78, 5) is 25.0. The Morgan fingerprint density at radius 2 is 1.89 bits per heavy atom. The van der Waals surface area contributed by atoms with Gasteiger partial charge in [-0.2, -0.15) is 14.7 Å². The molecule has 3 N–H and O–H groups in total. The molecule has 0 aromatic heterocycles. The lowest BCUT2D eigenvalue weighted by atomic mass is 10.5. The van der Waals surface area contributed by atoms with Crippen LogP contribution >= 0.6 is 7.94 Å². The second kappa shape index (κ2) is 4.14. The molecule has 0 amide bonds. The minimum Gasteiger partial charge on any atom is -0.339 e. The molecule has 0 rings (SSSR count). The molecular weight excluding hydrogens is 143 g/mol. The number of hydrogen-bond donors (Lipinski definition) is 3. The molecule has 0 atom stereocenters. The van der Waals surface area contributed by atoms with Crippen molar-refractivity contribution in [3.63, 3.8) is 0 Å². The second-order valence-corrected chi connectivity index (χ2v) is 3.37. The molecule has 0 aliphatic rings. The van der Waals surface area contributed by atoms with Crippen LogP contribution in [0.4, 0.5) is 0 Å². The van der Waals surface area contributed by atoms with Gasteiger partial charge in [0.25, 0.3) is 0 Å². The summed E-state index contributed by atoms with van der Waals surface area (Å²) >= 11 is 0. The monoisotopic (exact) mass is 155 g/mol. The van der Waals surface area contributed by atoms with Crippen LogP contribution in [-0.2, 0) is 4.74 Å². The highest BCUT2D eigenvalue weighted by molar-refractivity contribution is 7.58. The highest BCUT2D eigenvalue weighted by Gasteiger charge is 2.29. The van der Waals surface area contributed by atoms with Gasteiger partial charge in [0.15, 0.2) is 0 Å². The van der Waals surface area contributed by atoms with Crippen molar-refractivity contribution >= 4 is 7.94 Å². The average molecular weight is 155 g/mol. The fourth-order valence-corrected chi connectivity index (χ4v) is 0.705. The fourth-order valence-electron chi connectivity index (χ4n) is 0.331. The summed E-state index contributed by atoms with van der Waals surface area (Å²) in [5.41, 5.74) is 0. The Hall–Kier alpha value is 0.270. The van der Waals surface area contributed by atoms with Crippen LogP contribution in [0.25, 0.3) is 0 Å². The maximum absolute atomic E-state index is 8.34. The summed E-state index contributed by atoms with van der Waals surface area (Å²) in [7, 11) is -3.67. The predicted molar refractivity (Wildman–Crippen MR) is 34.7 cm³/mol. The van der Waals surface area contributed by atoms with Crippen molar-refractivity contribution in [1.82, 2.24) is 0 Å². The highest BCUT2D eigenvalue weighted by Crippen LogP contribution is 2.43. The van der Waals surface area contributed by atoms with E-state index in [0.29, 0.717) is 6.61 Å². The molecular formula is C4H12O4P+. The molecule has 0 radical (unpaired) electrons. The summed E-state index contributed by atoms with van der Waals surface area (Å²) in [6.45, 7) is 2.34. The lowest BCUT2D eigenvalue weighted by Crippen LogP contribution is -2.00. The van der Waals surface area contributed by atoms with Crippen molar-refractivity contribution < 1.29 is 19.4 Å². The maximum atomic E-state index is 8.34. The van der Waals surface area contributed by atoms with Crippen molar-refractivity contribution in [2.24, 2.45) is 0 Å². The van der Waals surface area contributed by atoms with Crippen molar-refractivity contribution in [2.75, 3.05) is 13.0 Å². The van der Waals surface area contributed by atoms with Gasteiger partial charge >= 0.3 is 7.94 Å². The quantitative estimate of drug-likeness (QED) is 0.398. The van der Waals surface area contributed by atoms with E-state index < -0.39 is 7.94 Å².